The quantitative estimate of drug-likeness (QED) is 0.255. The number of hydrogen-bond acceptors (Lipinski definition) is 4. The molecule has 2 heterocycles. The molecule has 6 heteroatoms. The van der Waals surface area contributed by atoms with Gasteiger partial charge in [-0.25, -0.2) is 9.99 Å². The van der Waals surface area contributed by atoms with Crippen molar-refractivity contribution in [1.82, 2.24) is 15.0 Å². The predicted octanol–water partition coefficient (Wildman–Crippen LogP) is 4.30. The van der Waals surface area contributed by atoms with E-state index in [2.05, 4.69) is 27.9 Å². The van der Waals surface area contributed by atoms with Gasteiger partial charge in [0, 0.05) is 18.1 Å². The van der Waals surface area contributed by atoms with Crippen molar-refractivity contribution in [3.05, 3.63) is 12.4 Å². The Hall–Kier alpha value is -1.48. The lowest BCUT2D eigenvalue weighted by Crippen LogP contribution is -2.60. The molecule has 1 aromatic heterocycles. The van der Waals surface area contributed by atoms with Crippen LogP contribution in [0, 0.1) is 40.5 Å². The maximum atomic E-state index is 9.56. The van der Waals surface area contributed by atoms with E-state index >= 15 is 0 Å². The van der Waals surface area contributed by atoms with Crippen molar-refractivity contribution in [2.24, 2.45) is 29.1 Å². The largest absolute Gasteiger partial charge is 0.483 e. The first kappa shape index (κ1) is 18.5. The Morgan fingerprint density at radius 3 is 2.57 bits per heavy atom. The SMILES string of the molecule is C=[N+](C#N)N1CCC(CCSc2ncc[nH]2)CC1C12CC3CC(CC(C3)C1)C2. The van der Waals surface area contributed by atoms with Crippen LogP contribution >= 0.6 is 11.8 Å². The van der Waals surface area contributed by atoms with Crippen LogP contribution in [0.1, 0.15) is 57.8 Å². The molecule has 2 atom stereocenters. The number of piperidine rings is 1. The van der Waals surface area contributed by atoms with E-state index in [-0.39, 0.29) is 0 Å². The van der Waals surface area contributed by atoms with Crippen molar-refractivity contribution in [3.8, 4) is 6.19 Å². The standard InChI is InChI=1S/C22H32N5S/c1-26(15-23)27-6-2-16(3-7-28-21-24-4-5-25-21)11-20(27)22-12-17-8-18(13-22)10-19(9-17)14-22/h4-5,16-20H,1-3,6-14H2,(H,24,25)/q+1. The van der Waals surface area contributed by atoms with E-state index in [0.29, 0.717) is 11.5 Å². The highest BCUT2D eigenvalue weighted by atomic mass is 32.2. The summed E-state index contributed by atoms with van der Waals surface area (Å²) >= 11 is 1.84. The minimum absolute atomic E-state index is 0.439. The molecule has 4 bridgehead atoms. The van der Waals surface area contributed by atoms with Gasteiger partial charge in [-0.1, -0.05) is 16.4 Å². The normalized spacial score (nSPS) is 39.1. The average molecular weight is 399 g/mol. The van der Waals surface area contributed by atoms with Crippen molar-refractivity contribution < 1.29 is 4.68 Å². The Bertz CT molecular complexity index is 716. The monoisotopic (exact) mass is 398 g/mol. The number of aromatic nitrogens is 2. The van der Waals surface area contributed by atoms with Crippen LogP contribution in [0.2, 0.25) is 0 Å². The Balaban J connectivity index is 1.31. The highest BCUT2D eigenvalue weighted by molar-refractivity contribution is 7.99. The molecule has 1 saturated heterocycles. The molecule has 1 N–H and O–H groups in total. The van der Waals surface area contributed by atoms with Gasteiger partial charge in [0.25, 0.3) is 0 Å². The summed E-state index contributed by atoms with van der Waals surface area (Å²) in [5.74, 6) is 4.72. The zero-order valence-corrected chi connectivity index (χ0v) is 17.5. The second-order valence-corrected chi connectivity index (χ2v) is 11.0. The van der Waals surface area contributed by atoms with E-state index in [9.17, 15) is 5.26 Å². The zero-order chi connectivity index (χ0) is 19.1. The fourth-order valence-electron chi connectivity index (χ4n) is 7.44. The molecule has 0 aromatic carbocycles. The van der Waals surface area contributed by atoms with Crippen LogP contribution in [0.25, 0.3) is 0 Å². The Labute approximate surface area is 172 Å². The summed E-state index contributed by atoms with van der Waals surface area (Å²) in [6, 6.07) is 0.505. The number of thioether (sulfide) groups is 1. The molecule has 5 aliphatic rings. The maximum Gasteiger partial charge on any atom is 0.483 e. The summed E-state index contributed by atoms with van der Waals surface area (Å²) in [5.41, 5.74) is 0.439. The minimum Gasteiger partial charge on any atom is -0.340 e. The predicted molar refractivity (Wildman–Crippen MR) is 111 cm³/mol. The van der Waals surface area contributed by atoms with E-state index in [1.807, 2.05) is 24.2 Å². The van der Waals surface area contributed by atoms with Crippen molar-refractivity contribution in [3.63, 3.8) is 0 Å². The molecule has 6 rings (SSSR count). The van der Waals surface area contributed by atoms with Crippen LogP contribution in [0.5, 0.6) is 0 Å². The highest BCUT2D eigenvalue weighted by Crippen LogP contribution is 2.63. The number of H-pyrrole nitrogens is 1. The van der Waals surface area contributed by atoms with Gasteiger partial charge in [0.1, 0.15) is 0 Å². The third kappa shape index (κ3) is 3.36. The lowest BCUT2D eigenvalue weighted by atomic mass is 9.47. The number of rotatable bonds is 6. The van der Waals surface area contributed by atoms with Gasteiger partial charge in [-0.3, -0.25) is 0 Å². The van der Waals surface area contributed by atoms with Crippen LogP contribution in [-0.4, -0.2) is 44.7 Å². The number of hydrazone groups is 1. The van der Waals surface area contributed by atoms with E-state index in [4.69, 9.17) is 0 Å². The summed E-state index contributed by atoms with van der Waals surface area (Å²) in [6.07, 6.45) is 18.3. The van der Waals surface area contributed by atoms with Crippen molar-refractivity contribution in [2.75, 3.05) is 12.3 Å². The number of imidazole rings is 1. The van der Waals surface area contributed by atoms with Crippen LogP contribution in [-0.2, 0) is 0 Å². The van der Waals surface area contributed by atoms with Crippen LogP contribution in [0.4, 0.5) is 0 Å². The van der Waals surface area contributed by atoms with Crippen molar-refractivity contribution in [2.45, 2.75) is 69.0 Å². The van der Waals surface area contributed by atoms with E-state index in [1.165, 1.54) is 57.8 Å². The van der Waals surface area contributed by atoms with Crippen LogP contribution in [0.3, 0.4) is 0 Å². The Kier molecular flexibility index (Phi) is 4.90. The van der Waals surface area contributed by atoms with Gasteiger partial charge in [0.15, 0.2) is 10.4 Å². The number of nitrogens with one attached hydrogen (secondary N) is 1. The second-order valence-electron chi connectivity index (χ2n) is 9.88. The minimum atomic E-state index is 0.439. The fourth-order valence-corrected chi connectivity index (χ4v) is 8.37. The first-order chi connectivity index (χ1) is 13.6. The van der Waals surface area contributed by atoms with Gasteiger partial charge in [0.2, 0.25) is 0 Å². The molecule has 5 fully saturated rings. The molecular formula is C22H32N5S+. The third-order valence-electron chi connectivity index (χ3n) is 8.14. The number of nitrogens with zero attached hydrogens (tertiary/aromatic N) is 4. The Morgan fingerprint density at radius 1 is 1.25 bits per heavy atom. The molecule has 0 amide bonds. The number of hydrogen-bond donors (Lipinski definition) is 1. The van der Waals surface area contributed by atoms with E-state index < -0.39 is 0 Å². The van der Waals surface area contributed by atoms with Gasteiger partial charge >= 0.3 is 6.19 Å². The zero-order valence-electron chi connectivity index (χ0n) is 16.7. The Morgan fingerprint density at radius 2 is 1.96 bits per heavy atom. The van der Waals surface area contributed by atoms with Crippen LogP contribution in [0.15, 0.2) is 17.6 Å². The van der Waals surface area contributed by atoms with Gasteiger partial charge in [-0.2, -0.15) is 0 Å². The molecular weight excluding hydrogens is 366 g/mol. The van der Waals surface area contributed by atoms with E-state index in [1.54, 1.807) is 4.68 Å². The van der Waals surface area contributed by atoms with Gasteiger partial charge < -0.3 is 4.98 Å². The smallest absolute Gasteiger partial charge is 0.340 e. The molecule has 4 saturated carbocycles. The van der Waals surface area contributed by atoms with Gasteiger partial charge in [-0.15, -0.1) is 0 Å². The molecule has 1 aromatic rings. The molecule has 5 nitrogen and oxygen atoms in total. The summed E-state index contributed by atoms with van der Waals surface area (Å²) < 4.78 is 1.61. The molecule has 4 aliphatic carbocycles. The highest BCUT2D eigenvalue weighted by Gasteiger charge is 2.57. The summed E-state index contributed by atoms with van der Waals surface area (Å²) in [6.45, 7) is 5.05. The molecule has 28 heavy (non-hydrogen) atoms. The number of nitriles is 1. The molecule has 1 aliphatic heterocycles. The summed E-state index contributed by atoms with van der Waals surface area (Å²) in [7, 11) is 0. The molecule has 2 unspecified atom stereocenters. The second kappa shape index (κ2) is 7.40. The summed E-state index contributed by atoms with van der Waals surface area (Å²) in [5, 5.41) is 12.9. The van der Waals surface area contributed by atoms with Crippen LogP contribution < -0.4 is 0 Å². The average Bonchev–Trinajstić information content (AvgIpc) is 3.20. The third-order valence-corrected chi connectivity index (χ3v) is 9.08. The van der Waals surface area contributed by atoms with Gasteiger partial charge in [0.05, 0.1) is 19.3 Å². The molecule has 0 spiro atoms. The van der Waals surface area contributed by atoms with Crippen molar-refractivity contribution >= 4 is 18.5 Å². The van der Waals surface area contributed by atoms with E-state index in [0.717, 1.165) is 41.1 Å². The summed E-state index contributed by atoms with van der Waals surface area (Å²) in [4.78, 5) is 7.53. The molecule has 150 valence electrons. The topological polar surface area (TPSA) is 58.7 Å². The van der Waals surface area contributed by atoms with Crippen molar-refractivity contribution in [1.29, 1.82) is 5.26 Å². The fraction of sp³-hybridized carbons (Fsp3) is 0.773. The number of aromatic amines is 1. The lowest BCUT2D eigenvalue weighted by Gasteiger charge is -2.61. The maximum absolute atomic E-state index is 9.56. The first-order valence-corrected chi connectivity index (χ1v) is 12.0. The molecule has 0 radical (unpaired) electrons. The number of hydrazine groups is 1. The van der Waals surface area contributed by atoms with Gasteiger partial charge in [-0.05, 0) is 86.9 Å². The first-order valence-electron chi connectivity index (χ1n) is 11.0. The lowest BCUT2D eigenvalue weighted by molar-refractivity contribution is -0.635.